The third-order valence-corrected chi connectivity index (χ3v) is 10.6. The molecular formula is C28H41NO2. The Morgan fingerprint density at radius 2 is 2.06 bits per heavy atom. The molecule has 0 saturated heterocycles. The lowest BCUT2D eigenvalue weighted by Crippen LogP contribution is -2.50. The molecule has 1 N–H and O–H groups in total. The van der Waals surface area contributed by atoms with Crippen LogP contribution in [0, 0.1) is 51.8 Å². The summed E-state index contributed by atoms with van der Waals surface area (Å²) in [6.45, 7) is 9.63. The second-order valence-corrected chi connectivity index (χ2v) is 12.2. The number of rotatable bonds is 4. The molecule has 1 aliphatic heterocycles. The first-order valence-electron chi connectivity index (χ1n) is 12.9. The van der Waals surface area contributed by atoms with E-state index in [1.54, 1.807) is 5.57 Å². The van der Waals surface area contributed by atoms with Crippen LogP contribution in [0.4, 0.5) is 0 Å². The topological polar surface area (TPSA) is 53.2 Å². The fraction of sp³-hybridized carbons (Fsp3) is 0.821. The summed E-state index contributed by atoms with van der Waals surface area (Å²) in [5.41, 5.74) is 3.77. The molecule has 3 heteroatoms. The molecule has 3 saturated carbocycles. The van der Waals surface area contributed by atoms with Crippen LogP contribution in [-0.2, 0) is 4.74 Å². The van der Waals surface area contributed by atoms with Crippen LogP contribution >= 0.6 is 0 Å². The van der Waals surface area contributed by atoms with Crippen molar-refractivity contribution in [3.8, 4) is 6.07 Å². The zero-order valence-electron chi connectivity index (χ0n) is 20.0. The molecule has 0 aromatic rings. The minimum absolute atomic E-state index is 0.119. The summed E-state index contributed by atoms with van der Waals surface area (Å²) in [4.78, 5) is 0. The van der Waals surface area contributed by atoms with Gasteiger partial charge >= 0.3 is 0 Å². The Labute approximate surface area is 188 Å². The SMILES string of the molecule is CC1=C(CCC(C)CC#N)O[C@H]2C[C@H]3[C@@H]4CC=C5C[C@@H](O)CC[C@]5(C)[C@H]4CC[C@]3(C)[C@@H]12. The van der Waals surface area contributed by atoms with E-state index in [-0.39, 0.29) is 6.10 Å². The second-order valence-electron chi connectivity index (χ2n) is 12.2. The van der Waals surface area contributed by atoms with Crippen LogP contribution in [0.5, 0.6) is 0 Å². The maximum atomic E-state index is 10.2. The highest BCUT2D eigenvalue weighted by atomic mass is 16.5. The Balaban J connectivity index is 1.36. The lowest BCUT2D eigenvalue weighted by atomic mass is 9.47. The van der Waals surface area contributed by atoms with Crippen LogP contribution in [0.25, 0.3) is 0 Å². The molecule has 1 heterocycles. The highest BCUT2D eigenvalue weighted by Crippen LogP contribution is 2.68. The second kappa shape index (κ2) is 7.65. The summed E-state index contributed by atoms with van der Waals surface area (Å²) in [6, 6.07) is 2.31. The first kappa shape index (κ1) is 21.6. The summed E-state index contributed by atoms with van der Waals surface area (Å²) in [5.74, 6) is 4.62. The van der Waals surface area contributed by atoms with Crippen molar-refractivity contribution in [1.82, 2.24) is 0 Å². The molecule has 3 nitrogen and oxygen atoms in total. The lowest BCUT2D eigenvalue weighted by Gasteiger charge is -2.57. The van der Waals surface area contributed by atoms with E-state index in [2.05, 4.69) is 39.8 Å². The Kier molecular flexibility index (Phi) is 5.32. The third-order valence-electron chi connectivity index (χ3n) is 10.6. The van der Waals surface area contributed by atoms with E-state index in [1.807, 2.05) is 0 Å². The number of hydrogen-bond donors (Lipinski definition) is 1. The molecule has 0 amide bonds. The third kappa shape index (κ3) is 3.23. The van der Waals surface area contributed by atoms with Crippen LogP contribution in [0.3, 0.4) is 0 Å². The number of aliphatic hydroxyl groups is 1. The minimum Gasteiger partial charge on any atom is -0.494 e. The highest BCUT2D eigenvalue weighted by Gasteiger charge is 2.63. The highest BCUT2D eigenvalue weighted by molar-refractivity contribution is 5.30. The molecule has 0 spiro atoms. The van der Waals surface area contributed by atoms with E-state index in [1.165, 1.54) is 37.0 Å². The summed E-state index contributed by atoms with van der Waals surface area (Å²) >= 11 is 0. The summed E-state index contributed by atoms with van der Waals surface area (Å²) in [7, 11) is 0. The number of aliphatic hydroxyl groups excluding tert-OH is 1. The van der Waals surface area contributed by atoms with Gasteiger partial charge in [0.2, 0.25) is 0 Å². The van der Waals surface area contributed by atoms with Crippen molar-refractivity contribution in [1.29, 1.82) is 5.26 Å². The van der Waals surface area contributed by atoms with Gasteiger partial charge in [-0.05, 0) is 98.4 Å². The molecule has 31 heavy (non-hydrogen) atoms. The fourth-order valence-corrected chi connectivity index (χ4v) is 8.86. The molecular weight excluding hydrogens is 382 g/mol. The fourth-order valence-electron chi connectivity index (χ4n) is 8.86. The van der Waals surface area contributed by atoms with Crippen LogP contribution in [0.2, 0.25) is 0 Å². The van der Waals surface area contributed by atoms with Crippen molar-refractivity contribution in [2.45, 2.75) is 104 Å². The Morgan fingerprint density at radius 3 is 2.84 bits per heavy atom. The predicted octanol–water partition coefficient (Wildman–Crippen LogP) is 6.54. The van der Waals surface area contributed by atoms with Gasteiger partial charge in [-0.15, -0.1) is 0 Å². The standard InChI is InChI=1S/C28H41NO2/c1-17(11-14-29)5-8-24-18(2)26-25(31-24)16-23-21-7-6-19-15-20(30)9-12-27(19,3)22(21)10-13-28(23,26)4/h6,17,20-23,25-26,30H,5,7-13,15-16H2,1-4H3/t17?,20-,21+,22-,23-,25-,26-,27-,28-/m0/s1. The monoisotopic (exact) mass is 423 g/mol. The normalized spacial score (nSPS) is 46.8. The van der Waals surface area contributed by atoms with E-state index >= 15 is 0 Å². The van der Waals surface area contributed by atoms with Crippen LogP contribution in [0.15, 0.2) is 23.0 Å². The first-order chi connectivity index (χ1) is 14.8. The average molecular weight is 424 g/mol. The maximum absolute atomic E-state index is 10.2. The lowest BCUT2D eigenvalue weighted by molar-refractivity contribution is -0.0454. The summed E-state index contributed by atoms with van der Waals surface area (Å²) in [5, 5.41) is 19.2. The van der Waals surface area contributed by atoms with Gasteiger partial charge in [-0.2, -0.15) is 5.26 Å². The molecule has 0 bridgehead atoms. The van der Waals surface area contributed by atoms with E-state index in [9.17, 15) is 5.11 Å². The van der Waals surface area contributed by atoms with Crippen molar-refractivity contribution < 1.29 is 9.84 Å². The number of nitrogens with zero attached hydrogens (tertiary/aromatic N) is 1. The smallest absolute Gasteiger partial charge is 0.106 e. The number of allylic oxidation sites excluding steroid dienone is 2. The zero-order valence-corrected chi connectivity index (χ0v) is 20.0. The Morgan fingerprint density at radius 1 is 1.26 bits per heavy atom. The van der Waals surface area contributed by atoms with E-state index in [4.69, 9.17) is 10.00 Å². The average Bonchev–Trinajstić information content (AvgIpc) is 3.20. The number of ether oxygens (including phenoxy) is 1. The zero-order chi connectivity index (χ0) is 22.0. The van der Waals surface area contributed by atoms with Crippen molar-refractivity contribution in [3.05, 3.63) is 23.0 Å². The Bertz CT molecular complexity index is 836. The van der Waals surface area contributed by atoms with Gasteiger partial charge < -0.3 is 9.84 Å². The van der Waals surface area contributed by atoms with Crippen LogP contribution < -0.4 is 0 Å². The number of fused-ring (bicyclic) bond motifs is 7. The van der Waals surface area contributed by atoms with Crippen LogP contribution in [0.1, 0.15) is 91.9 Å². The predicted molar refractivity (Wildman–Crippen MR) is 123 cm³/mol. The van der Waals surface area contributed by atoms with Gasteiger partial charge in [0.1, 0.15) is 6.10 Å². The summed E-state index contributed by atoms with van der Waals surface area (Å²) in [6.07, 6.45) is 13.6. The molecule has 5 rings (SSSR count). The molecule has 170 valence electrons. The van der Waals surface area contributed by atoms with Gasteiger partial charge in [0, 0.05) is 18.8 Å². The minimum atomic E-state index is -0.119. The van der Waals surface area contributed by atoms with Gasteiger partial charge in [-0.25, -0.2) is 0 Å². The molecule has 3 fully saturated rings. The molecule has 1 unspecified atom stereocenters. The van der Waals surface area contributed by atoms with Crippen molar-refractivity contribution in [2.75, 3.05) is 0 Å². The van der Waals surface area contributed by atoms with Gasteiger partial charge in [0.15, 0.2) is 0 Å². The van der Waals surface area contributed by atoms with Crippen molar-refractivity contribution in [2.24, 2.45) is 40.4 Å². The van der Waals surface area contributed by atoms with Gasteiger partial charge in [0.05, 0.1) is 17.9 Å². The van der Waals surface area contributed by atoms with Gasteiger partial charge in [-0.3, -0.25) is 0 Å². The molecule has 9 atom stereocenters. The number of hydrogen-bond acceptors (Lipinski definition) is 3. The van der Waals surface area contributed by atoms with Crippen LogP contribution in [-0.4, -0.2) is 17.3 Å². The molecule has 0 radical (unpaired) electrons. The molecule has 5 aliphatic rings. The maximum Gasteiger partial charge on any atom is 0.106 e. The van der Waals surface area contributed by atoms with E-state index < -0.39 is 0 Å². The number of nitriles is 1. The molecule has 4 aliphatic carbocycles. The van der Waals surface area contributed by atoms with Gasteiger partial charge in [0.25, 0.3) is 0 Å². The first-order valence-corrected chi connectivity index (χ1v) is 12.9. The largest absolute Gasteiger partial charge is 0.494 e. The molecule has 0 aromatic heterocycles. The van der Waals surface area contributed by atoms with Crippen molar-refractivity contribution in [3.63, 3.8) is 0 Å². The van der Waals surface area contributed by atoms with E-state index in [0.29, 0.717) is 35.2 Å². The van der Waals surface area contributed by atoms with Crippen molar-refractivity contribution >= 4 is 0 Å². The van der Waals surface area contributed by atoms with Gasteiger partial charge in [-0.1, -0.05) is 32.4 Å². The Hall–Kier alpha value is -1.27. The van der Waals surface area contributed by atoms with E-state index in [0.717, 1.165) is 49.9 Å². The summed E-state index contributed by atoms with van der Waals surface area (Å²) < 4.78 is 6.66. The quantitative estimate of drug-likeness (QED) is 0.522. The molecule has 0 aromatic carbocycles.